The molecule has 0 bridgehead atoms. The third-order valence-electron chi connectivity index (χ3n) is 5.92. The first-order chi connectivity index (χ1) is 13.4. The molecule has 29 heavy (non-hydrogen) atoms. The summed E-state index contributed by atoms with van der Waals surface area (Å²) in [5, 5.41) is 10.2. The Morgan fingerprint density at radius 1 is 1.41 bits per heavy atom. The Labute approximate surface area is 180 Å². The molecule has 166 valence electrons. The van der Waals surface area contributed by atoms with E-state index in [2.05, 4.69) is 13.0 Å². The van der Waals surface area contributed by atoms with Crippen LogP contribution in [0.15, 0.2) is 23.3 Å². The van der Waals surface area contributed by atoms with Crippen LogP contribution in [0.2, 0.25) is 0 Å². The average molecular weight is 429 g/mol. The standard InChI is InChI=1S/C23H37ClO5/c1-16(2)11-13-22(5,27)17(3)8-7-12-23(6)20(29-18(4)25)10-9-19(15-28-23)14-21(24)26/h11,14,17,20,27H,7-10,12-13,15H2,1-6H3/b19-14+/t17?,20-,22?,23+/m1/s1. The molecule has 0 aromatic heterocycles. The van der Waals surface area contributed by atoms with Crippen LogP contribution in [0.4, 0.5) is 0 Å². The van der Waals surface area contributed by atoms with E-state index in [1.807, 2.05) is 27.7 Å². The van der Waals surface area contributed by atoms with Gasteiger partial charge in [0.05, 0.1) is 12.2 Å². The maximum Gasteiger partial charge on any atom is 0.303 e. The molecule has 1 heterocycles. The molecule has 6 heteroatoms. The molecule has 1 rings (SSSR count). The Bertz CT molecular complexity index is 633. The lowest BCUT2D eigenvalue weighted by atomic mass is 9.81. The fourth-order valence-electron chi connectivity index (χ4n) is 3.62. The zero-order valence-corrected chi connectivity index (χ0v) is 19.5. The maximum absolute atomic E-state index is 11.6. The summed E-state index contributed by atoms with van der Waals surface area (Å²) >= 11 is 5.48. The van der Waals surface area contributed by atoms with E-state index in [4.69, 9.17) is 21.1 Å². The predicted molar refractivity (Wildman–Crippen MR) is 116 cm³/mol. The van der Waals surface area contributed by atoms with Gasteiger partial charge in [0.1, 0.15) is 11.7 Å². The quantitative estimate of drug-likeness (QED) is 0.239. The zero-order valence-electron chi connectivity index (χ0n) is 18.7. The molecule has 0 aromatic rings. The van der Waals surface area contributed by atoms with Crippen molar-refractivity contribution < 1.29 is 24.2 Å². The molecule has 0 aliphatic carbocycles. The van der Waals surface area contributed by atoms with Gasteiger partial charge in [0.25, 0.3) is 0 Å². The van der Waals surface area contributed by atoms with Gasteiger partial charge in [-0.1, -0.05) is 25.0 Å². The van der Waals surface area contributed by atoms with Crippen LogP contribution in [0, 0.1) is 5.92 Å². The fraction of sp³-hybridized carbons (Fsp3) is 0.739. The van der Waals surface area contributed by atoms with Crippen molar-refractivity contribution in [2.75, 3.05) is 6.61 Å². The number of halogens is 1. The minimum atomic E-state index is -0.769. The number of aliphatic hydroxyl groups is 1. The average Bonchev–Trinajstić information content (AvgIpc) is 2.73. The Balaban J connectivity index is 2.79. The molecular formula is C23H37ClO5. The number of ether oxygens (including phenoxy) is 2. The van der Waals surface area contributed by atoms with Crippen molar-refractivity contribution in [1.82, 2.24) is 0 Å². The van der Waals surface area contributed by atoms with Gasteiger partial charge in [-0.3, -0.25) is 9.59 Å². The molecule has 4 atom stereocenters. The van der Waals surface area contributed by atoms with Crippen LogP contribution in [-0.4, -0.2) is 40.2 Å². The highest BCUT2D eigenvalue weighted by Gasteiger charge is 2.40. The molecule has 1 N–H and O–H groups in total. The summed E-state index contributed by atoms with van der Waals surface area (Å²) in [5.74, 6) is -0.229. The van der Waals surface area contributed by atoms with Crippen LogP contribution >= 0.6 is 11.6 Å². The van der Waals surface area contributed by atoms with Gasteiger partial charge in [0.15, 0.2) is 0 Å². The van der Waals surface area contributed by atoms with Gasteiger partial charge in [0.2, 0.25) is 5.24 Å². The lowest BCUT2D eigenvalue weighted by Crippen LogP contribution is -2.44. The SMILES string of the molecule is CC(=O)O[C@@H]1CC/C(=C\C(=O)Cl)CO[C@@]1(C)CCCC(C)C(C)(O)CC=C(C)C. The van der Waals surface area contributed by atoms with E-state index in [0.717, 1.165) is 18.4 Å². The number of hydrogen-bond acceptors (Lipinski definition) is 5. The molecular weight excluding hydrogens is 392 g/mol. The predicted octanol–water partition coefficient (Wildman–Crippen LogP) is 5.09. The van der Waals surface area contributed by atoms with E-state index in [1.165, 1.54) is 18.6 Å². The van der Waals surface area contributed by atoms with E-state index in [-0.39, 0.29) is 11.9 Å². The zero-order chi connectivity index (χ0) is 22.2. The topological polar surface area (TPSA) is 72.8 Å². The van der Waals surface area contributed by atoms with Crippen molar-refractivity contribution in [3.05, 3.63) is 23.3 Å². The van der Waals surface area contributed by atoms with Crippen LogP contribution in [0.3, 0.4) is 0 Å². The van der Waals surface area contributed by atoms with E-state index < -0.39 is 22.5 Å². The Hall–Kier alpha value is -1.17. The first kappa shape index (κ1) is 25.9. The van der Waals surface area contributed by atoms with Gasteiger partial charge < -0.3 is 14.6 Å². The lowest BCUT2D eigenvalue weighted by molar-refractivity contribution is -0.168. The first-order valence-corrected chi connectivity index (χ1v) is 10.8. The van der Waals surface area contributed by atoms with Gasteiger partial charge >= 0.3 is 5.97 Å². The molecule has 1 aliphatic heterocycles. The van der Waals surface area contributed by atoms with Gasteiger partial charge in [-0.05, 0) is 89.0 Å². The molecule has 1 aliphatic rings. The van der Waals surface area contributed by atoms with Crippen LogP contribution < -0.4 is 0 Å². The minimum absolute atomic E-state index is 0.115. The normalized spacial score (nSPS) is 26.9. The molecule has 2 unspecified atom stereocenters. The van der Waals surface area contributed by atoms with Gasteiger partial charge in [0, 0.05) is 6.92 Å². The molecule has 0 aromatic carbocycles. The van der Waals surface area contributed by atoms with Crippen molar-refractivity contribution >= 4 is 22.8 Å². The van der Waals surface area contributed by atoms with Crippen molar-refractivity contribution in [1.29, 1.82) is 0 Å². The summed E-state index contributed by atoms with van der Waals surface area (Å²) in [6.07, 6.45) is 7.22. The van der Waals surface area contributed by atoms with E-state index in [9.17, 15) is 14.7 Å². The van der Waals surface area contributed by atoms with Crippen LogP contribution in [-0.2, 0) is 19.1 Å². The molecule has 0 radical (unpaired) electrons. The Morgan fingerprint density at radius 2 is 2.07 bits per heavy atom. The monoisotopic (exact) mass is 428 g/mol. The van der Waals surface area contributed by atoms with E-state index in [0.29, 0.717) is 32.3 Å². The van der Waals surface area contributed by atoms with Gasteiger partial charge in [-0.15, -0.1) is 0 Å². The Morgan fingerprint density at radius 3 is 2.62 bits per heavy atom. The highest BCUT2D eigenvalue weighted by Crippen LogP contribution is 2.35. The number of allylic oxidation sites excluding steroid dienone is 2. The van der Waals surface area contributed by atoms with Crippen molar-refractivity contribution in [2.45, 2.75) is 97.4 Å². The van der Waals surface area contributed by atoms with Gasteiger partial charge in [-0.2, -0.15) is 0 Å². The molecule has 1 fully saturated rings. The van der Waals surface area contributed by atoms with E-state index in [1.54, 1.807) is 0 Å². The highest BCUT2D eigenvalue weighted by atomic mass is 35.5. The molecule has 0 saturated carbocycles. The summed E-state index contributed by atoms with van der Waals surface area (Å²) in [5.41, 5.74) is 0.584. The second-order valence-corrected chi connectivity index (χ2v) is 9.35. The fourth-order valence-corrected chi connectivity index (χ4v) is 3.77. The number of carbonyl (C=O) groups excluding carboxylic acids is 2. The number of hydrogen-bond donors (Lipinski definition) is 1. The number of rotatable bonds is 9. The smallest absolute Gasteiger partial charge is 0.303 e. The summed E-state index contributed by atoms with van der Waals surface area (Å²) in [6, 6.07) is 0. The molecule has 5 nitrogen and oxygen atoms in total. The Kier molecular flexibility index (Phi) is 10.1. The third kappa shape index (κ3) is 9.02. The number of esters is 1. The largest absolute Gasteiger partial charge is 0.459 e. The molecule has 0 amide bonds. The van der Waals surface area contributed by atoms with Crippen molar-refractivity contribution in [3.8, 4) is 0 Å². The van der Waals surface area contributed by atoms with Crippen molar-refractivity contribution in [2.24, 2.45) is 5.92 Å². The minimum Gasteiger partial charge on any atom is -0.459 e. The first-order valence-electron chi connectivity index (χ1n) is 10.4. The van der Waals surface area contributed by atoms with Crippen LogP contribution in [0.1, 0.15) is 80.1 Å². The van der Waals surface area contributed by atoms with Crippen LogP contribution in [0.5, 0.6) is 0 Å². The lowest BCUT2D eigenvalue weighted by Gasteiger charge is -2.36. The second-order valence-electron chi connectivity index (χ2n) is 8.98. The summed E-state index contributed by atoms with van der Waals surface area (Å²) in [7, 11) is 0. The third-order valence-corrected chi connectivity index (χ3v) is 6.03. The maximum atomic E-state index is 11.6. The van der Waals surface area contributed by atoms with E-state index >= 15 is 0 Å². The molecule has 1 saturated heterocycles. The molecule has 0 spiro atoms. The van der Waals surface area contributed by atoms with Gasteiger partial charge in [-0.25, -0.2) is 0 Å². The summed E-state index contributed by atoms with van der Waals surface area (Å²) < 4.78 is 11.7. The van der Waals surface area contributed by atoms with Crippen LogP contribution in [0.25, 0.3) is 0 Å². The summed E-state index contributed by atoms with van der Waals surface area (Å²) in [4.78, 5) is 22.8. The second kappa shape index (κ2) is 11.3. The summed E-state index contributed by atoms with van der Waals surface area (Å²) in [6.45, 7) is 11.6. The highest BCUT2D eigenvalue weighted by molar-refractivity contribution is 6.66. The van der Waals surface area contributed by atoms with Crippen molar-refractivity contribution in [3.63, 3.8) is 0 Å². The number of carbonyl (C=O) groups is 2.